The fourth-order valence-corrected chi connectivity index (χ4v) is 6.60. The van der Waals surface area contributed by atoms with Crippen molar-refractivity contribution in [1.29, 1.82) is 0 Å². The Morgan fingerprint density at radius 3 is 2.64 bits per heavy atom. The number of aromatic nitrogens is 2. The summed E-state index contributed by atoms with van der Waals surface area (Å²) in [5.74, 6) is -0.341. The number of primary amides is 1. The van der Waals surface area contributed by atoms with Gasteiger partial charge >= 0.3 is 6.03 Å². The van der Waals surface area contributed by atoms with E-state index < -0.39 is 24.4 Å². The van der Waals surface area contributed by atoms with Crippen LogP contribution >= 0.6 is 23.4 Å². The van der Waals surface area contributed by atoms with Gasteiger partial charge in [-0.05, 0) is 43.9 Å². The molecule has 1 aliphatic carbocycles. The number of carbonyl (C=O) groups excluding carboxylic acids is 3. The first-order valence-electron chi connectivity index (χ1n) is 11.8. The van der Waals surface area contributed by atoms with Crippen molar-refractivity contribution in [2.45, 2.75) is 61.7 Å². The lowest BCUT2D eigenvalue weighted by Crippen LogP contribution is -2.41. The first-order valence-corrected chi connectivity index (χ1v) is 13.2. The Labute approximate surface area is 214 Å². The molecule has 2 N–H and O–H groups in total. The van der Waals surface area contributed by atoms with Gasteiger partial charge in [0.15, 0.2) is 17.0 Å². The predicted octanol–water partition coefficient (Wildman–Crippen LogP) is 3.33. The smallest absolute Gasteiger partial charge is 0.333 e. The average Bonchev–Trinajstić information content (AvgIpc) is 3.40. The molecule has 0 radical (unpaired) electrons. The molecule has 9 nitrogen and oxygen atoms in total. The first-order chi connectivity index (χ1) is 17.3. The Balaban J connectivity index is 1.40. The van der Waals surface area contributed by atoms with E-state index in [4.69, 9.17) is 17.3 Å². The van der Waals surface area contributed by atoms with Crippen LogP contribution in [0.25, 0.3) is 11.4 Å². The van der Waals surface area contributed by atoms with Gasteiger partial charge in [0, 0.05) is 41.0 Å². The molecule has 190 valence electrons. The number of amides is 4. The summed E-state index contributed by atoms with van der Waals surface area (Å²) in [6.45, 7) is 1.16. The first kappa shape index (κ1) is 23.5. The quantitative estimate of drug-likeness (QED) is 0.588. The van der Waals surface area contributed by atoms with Gasteiger partial charge < -0.3 is 15.2 Å². The normalized spacial score (nSPS) is 23.9. The fraction of sp³-hybridized carbons (Fsp3) is 0.478. The zero-order valence-corrected chi connectivity index (χ0v) is 20.6. The van der Waals surface area contributed by atoms with Gasteiger partial charge in [-0.2, -0.15) is 0 Å². The highest BCUT2D eigenvalue weighted by molar-refractivity contribution is 7.99. The number of alkyl halides is 2. The van der Waals surface area contributed by atoms with Crippen molar-refractivity contribution in [3.63, 3.8) is 0 Å². The van der Waals surface area contributed by atoms with E-state index in [0.717, 1.165) is 38.9 Å². The number of urea groups is 1. The molecule has 2 atom stereocenters. The van der Waals surface area contributed by atoms with Crippen LogP contribution in [0.5, 0.6) is 0 Å². The van der Waals surface area contributed by atoms with Crippen molar-refractivity contribution >= 4 is 52.7 Å². The maximum absolute atomic E-state index is 14.0. The monoisotopic (exact) mass is 536 g/mol. The molecule has 2 aromatic rings. The van der Waals surface area contributed by atoms with Gasteiger partial charge in [-0.3, -0.25) is 19.4 Å². The van der Waals surface area contributed by atoms with E-state index in [1.54, 1.807) is 16.3 Å². The van der Waals surface area contributed by atoms with Crippen molar-refractivity contribution in [1.82, 2.24) is 14.5 Å². The maximum Gasteiger partial charge on any atom is 0.333 e. The minimum absolute atomic E-state index is 0.0420. The third kappa shape index (κ3) is 3.56. The summed E-state index contributed by atoms with van der Waals surface area (Å²) in [5, 5.41) is 0.0420. The van der Waals surface area contributed by atoms with Crippen LogP contribution in [0, 0.1) is 0 Å². The van der Waals surface area contributed by atoms with Crippen LogP contribution in [0.15, 0.2) is 23.1 Å². The summed E-state index contributed by atoms with van der Waals surface area (Å²) < 4.78 is 29.7. The molecule has 4 heterocycles. The van der Waals surface area contributed by atoms with E-state index in [1.165, 1.54) is 0 Å². The maximum atomic E-state index is 14.0. The van der Waals surface area contributed by atoms with Crippen LogP contribution < -0.4 is 15.5 Å². The summed E-state index contributed by atoms with van der Waals surface area (Å²) in [4.78, 5) is 46.9. The third-order valence-electron chi connectivity index (χ3n) is 7.14. The van der Waals surface area contributed by atoms with Crippen LogP contribution in [0.1, 0.15) is 25.7 Å². The van der Waals surface area contributed by atoms with Gasteiger partial charge in [-0.1, -0.05) is 11.6 Å². The lowest BCUT2D eigenvalue weighted by molar-refractivity contribution is -0.130. The molecule has 3 fully saturated rings. The Hall–Kier alpha value is -2.86. The van der Waals surface area contributed by atoms with E-state index >= 15 is 0 Å². The molecule has 2 saturated heterocycles. The number of imidazole rings is 1. The van der Waals surface area contributed by atoms with Crippen molar-refractivity contribution in [3.05, 3.63) is 23.4 Å². The van der Waals surface area contributed by atoms with Crippen LogP contribution in [0.3, 0.4) is 0 Å². The van der Waals surface area contributed by atoms with E-state index in [1.807, 2.05) is 23.1 Å². The lowest BCUT2D eigenvalue weighted by atomic mass is 10.1. The van der Waals surface area contributed by atoms with E-state index in [0.29, 0.717) is 37.4 Å². The minimum Gasteiger partial charge on any atom is -0.368 e. The molecule has 1 saturated carbocycles. The van der Waals surface area contributed by atoms with Crippen molar-refractivity contribution in [2.75, 3.05) is 22.1 Å². The predicted molar refractivity (Wildman–Crippen MR) is 130 cm³/mol. The highest BCUT2D eigenvalue weighted by atomic mass is 35.5. The summed E-state index contributed by atoms with van der Waals surface area (Å²) in [6, 6.07) is 2.24. The Kier molecular flexibility index (Phi) is 5.63. The number of anilines is 2. The Morgan fingerprint density at radius 1 is 1.17 bits per heavy atom. The number of thioether (sulfide) groups is 1. The second kappa shape index (κ2) is 8.62. The number of halogens is 3. The van der Waals surface area contributed by atoms with Crippen molar-refractivity contribution in [3.8, 4) is 11.4 Å². The van der Waals surface area contributed by atoms with Crippen LogP contribution in [0.2, 0.25) is 5.15 Å². The molecule has 4 amide bonds. The van der Waals surface area contributed by atoms with Crippen LogP contribution in [-0.4, -0.2) is 69.1 Å². The molecule has 1 aromatic heterocycles. The number of benzene rings is 1. The summed E-state index contributed by atoms with van der Waals surface area (Å²) >= 11 is 8.23. The summed E-state index contributed by atoms with van der Waals surface area (Å²) in [7, 11) is 0. The topological polar surface area (TPSA) is 105 Å². The number of nitrogens with two attached hydrogens (primary N) is 1. The molecule has 3 aliphatic heterocycles. The zero-order valence-electron chi connectivity index (χ0n) is 19.1. The van der Waals surface area contributed by atoms with Crippen LogP contribution in [0.4, 0.5) is 25.1 Å². The van der Waals surface area contributed by atoms with E-state index in [2.05, 4.69) is 4.98 Å². The number of nitrogens with zero attached hydrogens (tertiary/aromatic N) is 5. The minimum atomic E-state index is -3.08. The lowest BCUT2D eigenvalue weighted by Gasteiger charge is -2.25. The summed E-state index contributed by atoms with van der Waals surface area (Å²) in [5.41, 5.74) is 7.19. The number of rotatable bonds is 5. The molecule has 4 aliphatic rings. The molecule has 36 heavy (non-hydrogen) atoms. The van der Waals surface area contributed by atoms with Crippen LogP contribution in [-0.2, 0) is 16.1 Å². The third-order valence-corrected chi connectivity index (χ3v) is 8.55. The van der Waals surface area contributed by atoms with Gasteiger partial charge in [0.2, 0.25) is 5.91 Å². The van der Waals surface area contributed by atoms with Gasteiger partial charge in [-0.25, -0.2) is 18.6 Å². The van der Waals surface area contributed by atoms with E-state index in [9.17, 15) is 23.2 Å². The van der Waals surface area contributed by atoms with Gasteiger partial charge in [0.05, 0.1) is 0 Å². The molecule has 6 rings (SSSR count). The molecule has 1 unspecified atom stereocenters. The van der Waals surface area contributed by atoms with Gasteiger partial charge in [-0.15, -0.1) is 11.8 Å². The second-order valence-electron chi connectivity index (χ2n) is 9.36. The molecular formula is C23H23ClF2N6O3S. The Morgan fingerprint density at radius 2 is 1.94 bits per heavy atom. The number of hydrogen-bond acceptors (Lipinski definition) is 6. The highest BCUT2D eigenvalue weighted by Crippen LogP contribution is 2.44. The van der Waals surface area contributed by atoms with Gasteiger partial charge in [0.1, 0.15) is 11.9 Å². The molecule has 0 spiro atoms. The zero-order chi connectivity index (χ0) is 25.3. The highest BCUT2D eigenvalue weighted by Gasteiger charge is 2.56. The SMILES string of the molecule is NC(=O)[C@@H]1CCCN1c1ccc2c(c1)SCCn1c-2nc(N2C(=O)N(C3CC3)C(=O)C2C(F)F)c1Cl. The number of fused-ring (bicyclic) bond motifs is 3. The molecule has 13 heteroatoms. The van der Waals surface area contributed by atoms with Gasteiger partial charge in [0.25, 0.3) is 12.3 Å². The molecular weight excluding hydrogens is 514 g/mol. The average molecular weight is 537 g/mol. The largest absolute Gasteiger partial charge is 0.368 e. The summed E-state index contributed by atoms with van der Waals surface area (Å²) in [6.07, 6.45) is -0.293. The number of imide groups is 1. The standard InChI is InChI=1S/C23H23ClF2N6O3S/c24-17-21(32-16(18(25)26)22(34)31(23(32)35)11-3-4-11)28-20-13-6-5-12(10-15(13)36-9-8-30(17)20)29-7-1-2-14(29)19(27)33/h5-6,10-11,14,16,18H,1-4,7-9H2,(H2,27,33)/t14-,16?/m0/s1. The van der Waals surface area contributed by atoms with Crippen molar-refractivity contribution < 1.29 is 23.2 Å². The second-order valence-corrected chi connectivity index (χ2v) is 10.9. The fourth-order valence-electron chi connectivity index (χ4n) is 5.29. The Bertz CT molecular complexity index is 1280. The van der Waals surface area contributed by atoms with Crippen molar-refractivity contribution in [2.24, 2.45) is 5.73 Å². The number of hydrogen-bond donors (Lipinski definition) is 1. The van der Waals surface area contributed by atoms with E-state index in [-0.39, 0.29) is 29.0 Å². The molecule has 1 aromatic carbocycles. The number of carbonyl (C=O) groups is 3. The molecule has 0 bridgehead atoms.